The lowest BCUT2D eigenvalue weighted by Gasteiger charge is -2.13. The molecule has 0 aromatic carbocycles. The lowest BCUT2D eigenvalue weighted by Crippen LogP contribution is -2.09. The maximum atomic E-state index is 12.7. The van der Waals surface area contributed by atoms with Crippen LogP contribution >= 0.6 is 15.9 Å². The van der Waals surface area contributed by atoms with Gasteiger partial charge in [-0.25, -0.2) is 4.39 Å². The van der Waals surface area contributed by atoms with Crippen LogP contribution in [-0.4, -0.2) is 5.71 Å². The Morgan fingerprint density at radius 3 is 2.91 bits per heavy atom. The van der Waals surface area contributed by atoms with Gasteiger partial charge in [-0.3, -0.25) is 0 Å². The molecule has 0 amide bonds. The van der Waals surface area contributed by atoms with Crippen molar-refractivity contribution in [2.24, 2.45) is 5.92 Å². The largest absolute Gasteiger partial charge is 0.309 e. The first-order valence-corrected chi connectivity index (χ1v) is 4.19. The summed E-state index contributed by atoms with van der Waals surface area (Å²) in [5.41, 5.74) is 0.575. The maximum absolute atomic E-state index is 12.7. The van der Waals surface area contributed by atoms with E-state index in [1.54, 1.807) is 13.0 Å². The number of hydrogen-bond donors (Lipinski definition) is 1. The van der Waals surface area contributed by atoms with E-state index in [9.17, 15) is 4.39 Å². The smallest absolute Gasteiger partial charge is 0.133 e. The molecule has 1 nitrogen and oxygen atoms in total. The van der Waals surface area contributed by atoms with Crippen LogP contribution in [0.1, 0.15) is 13.3 Å². The summed E-state index contributed by atoms with van der Waals surface area (Å²) in [6.07, 6.45) is 3.85. The van der Waals surface area contributed by atoms with Gasteiger partial charge in [0.2, 0.25) is 0 Å². The van der Waals surface area contributed by atoms with E-state index in [4.69, 9.17) is 5.41 Å². The molecule has 0 bridgehead atoms. The summed E-state index contributed by atoms with van der Waals surface area (Å²) in [6.45, 7) is 1.73. The third-order valence-electron chi connectivity index (χ3n) is 1.68. The lowest BCUT2D eigenvalue weighted by atomic mass is 9.96. The van der Waals surface area contributed by atoms with Crippen LogP contribution in [0.4, 0.5) is 4.39 Å². The van der Waals surface area contributed by atoms with Crippen molar-refractivity contribution in [3.8, 4) is 0 Å². The van der Waals surface area contributed by atoms with E-state index < -0.39 is 0 Å². The fourth-order valence-electron chi connectivity index (χ4n) is 0.954. The van der Waals surface area contributed by atoms with Crippen molar-refractivity contribution in [2.45, 2.75) is 13.3 Å². The fourth-order valence-corrected chi connectivity index (χ4v) is 1.43. The van der Waals surface area contributed by atoms with Gasteiger partial charge in [0.1, 0.15) is 5.83 Å². The third-order valence-corrected chi connectivity index (χ3v) is 2.33. The van der Waals surface area contributed by atoms with E-state index in [2.05, 4.69) is 15.9 Å². The summed E-state index contributed by atoms with van der Waals surface area (Å²) in [5.74, 6) is -0.147. The van der Waals surface area contributed by atoms with Crippen molar-refractivity contribution < 1.29 is 4.39 Å². The first kappa shape index (κ1) is 8.65. The zero-order valence-corrected chi connectivity index (χ0v) is 7.78. The molecular weight excluding hydrogens is 209 g/mol. The van der Waals surface area contributed by atoms with Gasteiger partial charge >= 0.3 is 0 Å². The zero-order valence-electron chi connectivity index (χ0n) is 6.20. The van der Waals surface area contributed by atoms with E-state index in [-0.39, 0.29) is 11.7 Å². The highest BCUT2D eigenvalue weighted by Gasteiger charge is 2.14. The standard InChI is InChI=1S/C8H9BrFN/c1-5(11)6-2-3-8(10)7(9)4-6/h3-4,6,11H,2H2,1H3. The molecule has 0 radical (unpaired) electrons. The minimum absolute atomic E-state index is 0.0730. The first-order valence-electron chi connectivity index (χ1n) is 3.39. The average Bonchev–Trinajstić information content (AvgIpc) is 1.94. The normalized spacial score (nSPS) is 24.1. The lowest BCUT2D eigenvalue weighted by molar-refractivity contribution is 0.639. The fraction of sp³-hybridized carbons (Fsp3) is 0.375. The highest BCUT2D eigenvalue weighted by Crippen LogP contribution is 2.28. The Kier molecular flexibility index (Phi) is 2.60. The second kappa shape index (κ2) is 3.30. The predicted molar refractivity (Wildman–Crippen MR) is 47.7 cm³/mol. The molecule has 3 heteroatoms. The molecule has 0 aromatic heterocycles. The summed E-state index contributed by atoms with van der Waals surface area (Å²) < 4.78 is 13.2. The van der Waals surface area contributed by atoms with Gasteiger partial charge in [-0.2, -0.15) is 0 Å². The summed E-state index contributed by atoms with van der Waals surface area (Å²) in [4.78, 5) is 0. The predicted octanol–water partition coefficient (Wildman–Crippen LogP) is 3.18. The number of halogens is 2. The molecule has 0 saturated carbocycles. The summed E-state index contributed by atoms with van der Waals surface area (Å²) in [6, 6.07) is 0. The Morgan fingerprint density at radius 1 is 1.82 bits per heavy atom. The molecule has 0 spiro atoms. The van der Waals surface area contributed by atoms with Crippen molar-refractivity contribution in [1.29, 1.82) is 5.41 Å². The van der Waals surface area contributed by atoms with Crippen molar-refractivity contribution in [1.82, 2.24) is 0 Å². The number of allylic oxidation sites excluding steroid dienone is 4. The summed E-state index contributed by atoms with van der Waals surface area (Å²) in [7, 11) is 0. The molecule has 0 aliphatic heterocycles. The van der Waals surface area contributed by atoms with Crippen molar-refractivity contribution in [3.05, 3.63) is 22.5 Å². The van der Waals surface area contributed by atoms with Crippen molar-refractivity contribution in [3.63, 3.8) is 0 Å². The Hall–Kier alpha value is -0.440. The second-order valence-electron chi connectivity index (χ2n) is 2.59. The highest BCUT2D eigenvalue weighted by molar-refractivity contribution is 9.11. The van der Waals surface area contributed by atoms with E-state index in [1.165, 1.54) is 6.08 Å². The summed E-state index contributed by atoms with van der Waals surface area (Å²) in [5, 5.41) is 7.33. The van der Waals surface area contributed by atoms with Crippen molar-refractivity contribution in [2.75, 3.05) is 0 Å². The van der Waals surface area contributed by atoms with Crippen LogP contribution in [0, 0.1) is 11.3 Å². The molecule has 1 aliphatic rings. The molecular formula is C8H9BrFN. The van der Waals surface area contributed by atoms with Crippen LogP contribution in [0.5, 0.6) is 0 Å². The van der Waals surface area contributed by atoms with Gasteiger partial charge in [0.05, 0.1) is 0 Å². The number of hydrogen-bond acceptors (Lipinski definition) is 1. The first-order chi connectivity index (χ1) is 5.11. The van der Waals surface area contributed by atoms with Crippen LogP contribution in [0.25, 0.3) is 0 Å². The molecule has 11 heavy (non-hydrogen) atoms. The number of nitrogens with one attached hydrogen (secondary N) is 1. The van der Waals surface area contributed by atoms with Crippen LogP contribution in [0.15, 0.2) is 22.5 Å². The summed E-state index contributed by atoms with van der Waals surface area (Å²) >= 11 is 3.08. The Morgan fingerprint density at radius 2 is 2.45 bits per heavy atom. The Balaban J connectivity index is 2.77. The zero-order chi connectivity index (χ0) is 8.43. The molecule has 1 unspecified atom stereocenters. The van der Waals surface area contributed by atoms with Gasteiger partial charge in [-0.05, 0) is 35.4 Å². The van der Waals surface area contributed by atoms with Gasteiger partial charge in [-0.15, -0.1) is 0 Å². The van der Waals surface area contributed by atoms with Crippen LogP contribution in [0.3, 0.4) is 0 Å². The van der Waals surface area contributed by atoms with E-state index in [1.807, 2.05) is 0 Å². The second-order valence-corrected chi connectivity index (χ2v) is 3.45. The highest BCUT2D eigenvalue weighted by atomic mass is 79.9. The minimum atomic E-state index is -0.220. The molecule has 60 valence electrons. The monoisotopic (exact) mass is 217 g/mol. The molecule has 1 aliphatic carbocycles. The molecule has 1 N–H and O–H groups in total. The molecule has 0 heterocycles. The van der Waals surface area contributed by atoms with Gasteiger partial charge in [-0.1, -0.05) is 6.08 Å². The minimum Gasteiger partial charge on any atom is -0.309 e. The Bertz CT molecular complexity index is 242. The molecule has 1 atom stereocenters. The quantitative estimate of drug-likeness (QED) is 0.653. The topological polar surface area (TPSA) is 23.9 Å². The SMILES string of the molecule is CC(=N)C1C=C(Br)C(F)=CC1. The van der Waals surface area contributed by atoms with E-state index in [0.717, 1.165) is 0 Å². The van der Waals surface area contributed by atoms with Gasteiger partial charge < -0.3 is 5.41 Å². The van der Waals surface area contributed by atoms with Crippen LogP contribution in [-0.2, 0) is 0 Å². The molecule has 0 aromatic rings. The van der Waals surface area contributed by atoms with Crippen molar-refractivity contribution >= 4 is 21.6 Å². The number of rotatable bonds is 1. The molecule has 0 saturated heterocycles. The average molecular weight is 218 g/mol. The van der Waals surface area contributed by atoms with Gasteiger partial charge in [0, 0.05) is 16.1 Å². The van der Waals surface area contributed by atoms with Gasteiger partial charge in [0.15, 0.2) is 0 Å². The third kappa shape index (κ3) is 1.99. The van der Waals surface area contributed by atoms with E-state index >= 15 is 0 Å². The maximum Gasteiger partial charge on any atom is 0.133 e. The van der Waals surface area contributed by atoms with E-state index in [0.29, 0.717) is 16.6 Å². The van der Waals surface area contributed by atoms with Crippen LogP contribution in [0.2, 0.25) is 0 Å². The Labute approximate surface area is 73.6 Å². The molecule has 0 fully saturated rings. The van der Waals surface area contributed by atoms with Crippen LogP contribution < -0.4 is 0 Å². The van der Waals surface area contributed by atoms with Gasteiger partial charge in [0.25, 0.3) is 0 Å². The molecule has 1 rings (SSSR count).